The van der Waals surface area contributed by atoms with Crippen molar-refractivity contribution in [3.63, 3.8) is 0 Å². The van der Waals surface area contributed by atoms with Gasteiger partial charge in [-0.3, -0.25) is 14.4 Å². The molecule has 1 atom stereocenters. The van der Waals surface area contributed by atoms with E-state index >= 15 is 0 Å². The molecule has 1 heterocycles. The molecule has 2 rings (SSSR count). The summed E-state index contributed by atoms with van der Waals surface area (Å²) < 4.78 is 10.8. The first kappa shape index (κ1) is 23.0. The largest absolute Gasteiger partial charge is 0.481 e. The first-order chi connectivity index (χ1) is 13.7. The number of benzene rings is 1. The van der Waals surface area contributed by atoms with Crippen molar-refractivity contribution in [2.45, 2.75) is 39.7 Å². The molecule has 160 valence electrons. The van der Waals surface area contributed by atoms with Gasteiger partial charge in [0.2, 0.25) is 5.91 Å². The molecule has 0 bridgehead atoms. The van der Waals surface area contributed by atoms with Crippen LogP contribution in [0.3, 0.4) is 0 Å². The van der Waals surface area contributed by atoms with Crippen molar-refractivity contribution in [2.75, 3.05) is 33.3 Å². The summed E-state index contributed by atoms with van der Waals surface area (Å²) in [4.78, 5) is 40.0. The molecule has 1 aromatic carbocycles. The number of carbonyl (C=O) groups is 3. The van der Waals surface area contributed by atoms with Gasteiger partial charge in [-0.1, -0.05) is 11.6 Å². The molecular weight excluding hydrogens is 396 g/mol. The Bertz CT molecular complexity index is 747. The first-order valence-corrected chi connectivity index (χ1v) is 10.2. The highest BCUT2D eigenvalue weighted by Crippen LogP contribution is 2.23. The Balaban J connectivity index is 1.84. The van der Waals surface area contributed by atoms with Crippen molar-refractivity contribution in [3.8, 4) is 5.75 Å². The topological polar surface area (TPSA) is 76.2 Å². The molecule has 1 aliphatic heterocycles. The summed E-state index contributed by atoms with van der Waals surface area (Å²) in [5.41, 5.74) is 0.834. The third-order valence-electron chi connectivity index (χ3n) is 5.00. The van der Waals surface area contributed by atoms with Gasteiger partial charge in [-0.25, -0.2) is 0 Å². The number of piperidine rings is 1. The fourth-order valence-electron chi connectivity index (χ4n) is 3.30. The Labute approximate surface area is 176 Å². The fraction of sp³-hybridized carbons (Fsp3) is 0.571. The summed E-state index contributed by atoms with van der Waals surface area (Å²) in [5.74, 6) is -0.201. The van der Waals surface area contributed by atoms with E-state index in [1.165, 1.54) is 4.90 Å². The molecule has 0 aromatic heterocycles. The smallest absolute Gasteiger partial charge is 0.309 e. The number of likely N-dealkylation sites (N-methyl/N-ethyl adjacent to an activating group) is 1. The highest BCUT2D eigenvalue weighted by atomic mass is 35.5. The van der Waals surface area contributed by atoms with Crippen LogP contribution in [0.2, 0.25) is 5.02 Å². The zero-order valence-corrected chi connectivity index (χ0v) is 18.2. The molecule has 7 nitrogen and oxygen atoms in total. The second kappa shape index (κ2) is 10.5. The maximum atomic E-state index is 12.6. The summed E-state index contributed by atoms with van der Waals surface area (Å²) in [6.45, 7) is 6.59. The summed E-state index contributed by atoms with van der Waals surface area (Å²) >= 11 is 5.94. The molecule has 0 spiro atoms. The van der Waals surface area contributed by atoms with E-state index in [9.17, 15) is 14.4 Å². The number of aryl methyl sites for hydroxylation is 1. The molecule has 29 heavy (non-hydrogen) atoms. The van der Waals surface area contributed by atoms with Gasteiger partial charge in [-0.2, -0.15) is 0 Å². The average Bonchev–Trinajstić information content (AvgIpc) is 2.69. The van der Waals surface area contributed by atoms with Gasteiger partial charge in [0.15, 0.2) is 6.10 Å². The molecular formula is C21H29ClN2O5. The van der Waals surface area contributed by atoms with Crippen molar-refractivity contribution in [2.24, 2.45) is 5.92 Å². The van der Waals surface area contributed by atoms with E-state index in [4.69, 9.17) is 21.1 Å². The predicted octanol–water partition coefficient (Wildman–Crippen LogP) is 2.68. The Hall–Kier alpha value is -2.28. The summed E-state index contributed by atoms with van der Waals surface area (Å²) in [7, 11) is 1.58. The number of nitrogens with zero attached hydrogens (tertiary/aromatic N) is 2. The molecule has 1 aromatic rings. The van der Waals surface area contributed by atoms with Gasteiger partial charge in [-0.15, -0.1) is 0 Å². The Morgan fingerprint density at radius 2 is 1.93 bits per heavy atom. The number of ether oxygens (including phenoxy) is 2. The minimum atomic E-state index is -0.734. The minimum Gasteiger partial charge on any atom is -0.481 e. The number of hydrogen-bond donors (Lipinski definition) is 0. The maximum Gasteiger partial charge on any atom is 0.309 e. The van der Waals surface area contributed by atoms with Crippen molar-refractivity contribution >= 4 is 29.4 Å². The highest BCUT2D eigenvalue weighted by molar-refractivity contribution is 6.30. The Morgan fingerprint density at radius 1 is 1.28 bits per heavy atom. The van der Waals surface area contributed by atoms with Gasteiger partial charge in [0.05, 0.1) is 19.1 Å². The SMILES string of the molecule is CCOC(=O)C1CCN(C(=O)CN(C)C(=O)C(C)Oc2ccc(Cl)cc2C)CC1. The van der Waals surface area contributed by atoms with Crippen molar-refractivity contribution in [1.29, 1.82) is 0 Å². The standard InChI is InChI=1S/C21H29ClN2O5/c1-5-28-21(27)16-8-10-24(11-9-16)19(25)13-23(4)20(26)15(3)29-18-7-6-17(22)12-14(18)2/h6-7,12,15-16H,5,8-11,13H2,1-4H3. The molecule has 0 aliphatic carbocycles. The number of esters is 1. The molecule has 1 unspecified atom stereocenters. The molecule has 1 aliphatic rings. The summed E-state index contributed by atoms with van der Waals surface area (Å²) in [6, 6.07) is 5.19. The second-order valence-electron chi connectivity index (χ2n) is 7.27. The second-order valence-corrected chi connectivity index (χ2v) is 7.71. The number of rotatable bonds is 7. The number of likely N-dealkylation sites (tertiary alicyclic amines) is 1. The number of amides is 2. The average molecular weight is 425 g/mol. The zero-order chi connectivity index (χ0) is 21.6. The van der Waals surface area contributed by atoms with E-state index in [-0.39, 0.29) is 30.2 Å². The highest BCUT2D eigenvalue weighted by Gasteiger charge is 2.29. The molecule has 0 N–H and O–H groups in total. The van der Waals surface area contributed by atoms with Crippen molar-refractivity contribution in [1.82, 2.24) is 9.80 Å². The lowest BCUT2D eigenvalue weighted by Crippen LogP contribution is -2.47. The summed E-state index contributed by atoms with van der Waals surface area (Å²) in [6.07, 6.45) is 0.428. The lowest BCUT2D eigenvalue weighted by molar-refractivity contribution is -0.151. The molecule has 0 radical (unpaired) electrons. The van der Waals surface area contributed by atoms with E-state index in [0.29, 0.717) is 43.3 Å². The normalized spacial score (nSPS) is 15.6. The van der Waals surface area contributed by atoms with E-state index in [2.05, 4.69) is 0 Å². The quantitative estimate of drug-likeness (QED) is 0.629. The zero-order valence-electron chi connectivity index (χ0n) is 17.4. The van der Waals surface area contributed by atoms with Crippen molar-refractivity contribution < 1.29 is 23.9 Å². The van der Waals surface area contributed by atoms with Crippen LogP contribution in [0.4, 0.5) is 0 Å². The van der Waals surface area contributed by atoms with Crippen LogP contribution in [0.15, 0.2) is 18.2 Å². The van der Waals surface area contributed by atoms with Crippen LogP contribution < -0.4 is 4.74 Å². The van der Waals surface area contributed by atoms with E-state index in [0.717, 1.165) is 5.56 Å². The molecule has 0 saturated carbocycles. The Kier molecular flexibility index (Phi) is 8.32. The molecule has 1 saturated heterocycles. The maximum absolute atomic E-state index is 12.6. The van der Waals surface area contributed by atoms with E-state index in [1.807, 2.05) is 6.92 Å². The van der Waals surface area contributed by atoms with Gasteiger partial charge in [0, 0.05) is 25.2 Å². The number of carbonyl (C=O) groups excluding carboxylic acids is 3. The lowest BCUT2D eigenvalue weighted by atomic mass is 9.97. The third-order valence-corrected chi connectivity index (χ3v) is 5.24. The van der Waals surface area contributed by atoms with Crippen LogP contribution in [-0.2, 0) is 19.1 Å². The van der Waals surface area contributed by atoms with Crippen LogP contribution >= 0.6 is 11.6 Å². The third kappa shape index (κ3) is 6.35. The monoisotopic (exact) mass is 424 g/mol. The van der Waals surface area contributed by atoms with Crippen LogP contribution in [0, 0.1) is 12.8 Å². The fourth-order valence-corrected chi connectivity index (χ4v) is 3.53. The van der Waals surface area contributed by atoms with Gasteiger partial charge in [0.1, 0.15) is 5.75 Å². The van der Waals surface area contributed by atoms with E-state index in [1.54, 1.807) is 44.0 Å². The van der Waals surface area contributed by atoms with Gasteiger partial charge >= 0.3 is 5.97 Å². The van der Waals surface area contributed by atoms with Crippen LogP contribution in [0.1, 0.15) is 32.3 Å². The summed E-state index contributed by atoms with van der Waals surface area (Å²) in [5, 5.41) is 0.600. The van der Waals surface area contributed by atoms with Crippen molar-refractivity contribution in [3.05, 3.63) is 28.8 Å². The molecule has 1 fully saturated rings. The van der Waals surface area contributed by atoms with E-state index < -0.39 is 6.10 Å². The predicted molar refractivity (Wildman–Crippen MR) is 110 cm³/mol. The first-order valence-electron chi connectivity index (χ1n) is 9.85. The van der Waals surface area contributed by atoms with Gasteiger partial charge < -0.3 is 19.3 Å². The molecule has 8 heteroatoms. The van der Waals surface area contributed by atoms with Gasteiger partial charge in [-0.05, 0) is 57.4 Å². The van der Waals surface area contributed by atoms with Crippen LogP contribution in [0.25, 0.3) is 0 Å². The Morgan fingerprint density at radius 3 is 2.52 bits per heavy atom. The number of hydrogen-bond acceptors (Lipinski definition) is 5. The number of halogens is 1. The van der Waals surface area contributed by atoms with Crippen LogP contribution in [-0.4, -0.2) is 67.0 Å². The minimum absolute atomic E-state index is 0.0315. The van der Waals surface area contributed by atoms with Gasteiger partial charge in [0.25, 0.3) is 5.91 Å². The molecule has 2 amide bonds. The lowest BCUT2D eigenvalue weighted by Gasteiger charge is -2.32. The van der Waals surface area contributed by atoms with Crippen LogP contribution in [0.5, 0.6) is 5.75 Å².